The lowest BCUT2D eigenvalue weighted by Crippen LogP contribution is -2.16. The van der Waals surface area contributed by atoms with Crippen LogP contribution in [0.15, 0.2) is 0 Å². The molecule has 0 aromatic carbocycles. The molecule has 0 aliphatic carbocycles. The minimum atomic E-state index is -3.28. The fraction of sp³-hybridized carbons (Fsp3) is 1.00. The smallest absolute Gasteiger partial charge is 0.209 e. The lowest BCUT2D eigenvalue weighted by Gasteiger charge is -2.03. The molecule has 5 nitrogen and oxygen atoms in total. The Morgan fingerprint density at radius 1 is 1.00 bits per heavy atom. The van der Waals surface area contributed by atoms with Crippen molar-refractivity contribution in [3.05, 3.63) is 0 Å². The van der Waals surface area contributed by atoms with Crippen molar-refractivity contribution in [3.8, 4) is 0 Å². The molecule has 15 heavy (non-hydrogen) atoms. The van der Waals surface area contributed by atoms with Crippen LogP contribution in [0, 0.1) is 0 Å². The summed E-state index contributed by atoms with van der Waals surface area (Å²) in [6.45, 7) is 1.94. The fourth-order valence-corrected chi connectivity index (χ4v) is 1.71. The first kappa shape index (κ1) is 14.8. The van der Waals surface area contributed by atoms with Crippen molar-refractivity contribution in [1.82, 2.24) is 0 Å². The first-order valence-electron chi connectivity index (χ1n) is 5.13. The third-order valence-electron chi connectivity index (χ3n) is 1.90. The summed E-state index contributed by atoms with van der Waals surface area (Å²) < 4.78 is 31.2. The van der Waals surface area contributed by atoms with Gasteiger partial charge in [0.15, 0.2) is 0 Å². The number of unbranched alkanes of at least 4 members (excludes halogenated alkanes) is 3. The van der Waals surface area contributed by atoms with Gasteiger partial charge in [0.1, 0.15) is 0 Å². The van der Waals surface area contributed by atoms with E-state index in [2.05, 4.69) is 0 Å². The van der Waals surface area contributed by atoms with Crippen LogP contribution in [0.2, 0.25) is 0 Å². The van der Waals surface area contributed by atoms with Crippen molar-refractivity contribution in [3.63, 3.8) is 0 Å². The van der Waals surface area contributed by atoms with E-state index in [0.717, 1.165) is 19.3 Å². The third-order valence-corrected chi connectivity index (χ3v) is 2.76. The Morgan fingerprint density at radius 2 is 1.67 bits per heavy atom. The molecule has 0 aromatic heterocycles. The van der Waals surface area contributed by atoms with Gasteiger partial charge in [-0.05, 0) is 12.8 Å². The summed E-state index contributed by atoms with van der Waals surface area (Å²) in [7, 11) is -1.64. The molecule has 0 atom stereocenters. The average Bonchev–Trinajstić information content (AvgIpc) is 2.14. The molecule has 92 valence electrons. The average molecular weight is 239 g/mol. The van der Waals surface area contributed by atoms with Crippen LogP contribution in [-0.4, -0.2) is 41.1 Å². The molecular weight excluding hydrogens is 218 g/mol. The van der Waals surface area contributed by atoms with Crippen LogP contribution in [0.3, 0.4) is 0 Å². The Balaban J connectivity index is 3.06. The number of rotatable bonds is 10. The standard InChI is InChI=1S/C9H21NO4S/c1-13-7-8-14-6-4-2-3-5-9-15(10,11)12/h2-9H2,1H3,(H2,10,11,12). The van der Waals surface area contributed by atoms with Crippen molar-refractivity contribution in [2.45, 2.75) is 25.7 Å². The molecule has 0 amide bonds. The van der Waals surface area contributed by atoms with Gasteiger partial charge in [-0.15, -0.1) is 0 Å². The Hall–Kier alpha value is -0.170. The molecule has 0 bridgehead atoms. The molecular formula is C9H21NO4S. The second-order valence-corrected chi connectivity index (χ2v) is 5.12. The number of sulfonamides is 1. The van der Waals surface area contributed by atoms with E-state index in [1.165, 1.54) is 0 Å². The van der Waals surface area contributed by atoms with Crippen LogP contribution in [0.25, 0.3) is 0 Å². The van der Waals surface area contributed by atoms with E-state index < -0.39 is 10.0 Å². The molecule has 0 saturated heterocycles. The first-order valence-corrected chi connectivity index (χ1v) is 6.85. The molecule has 0 unspecified atom stereocenters. The topological polar surface area (TPSA) is 78.6 Å². The summed E-state index contributed by atoms with van der Waals surface area (Å²) >= 11 is 0. The summed E-state index contributed by atoms with van der Waals surface area (Å²) in [4.78, 5) is 0. The molecule has 0 spiro atoms. The Kier molecular flexibility index (Phi) is 8.98. The molecule has 0 aliphatic rings. The molecule has 0 saturated carbocycles. The summed E-state index contributed by atoms with van der Waals surface area (Å²) in [5.74, 6) is 0.0809. The summed E-state index contributed by atoms with van der Waals surface area (Å²) in [6.07, 6.45) is 3.44. The highest BCUT2D eigenvalue weighted by Gasteiger charge is 2.00. The predicted molar refractivity (Wildman–Crippen MR) is 59.1 cm³/mol. The zero-order valence-electron chi connectivity index (χ0n) is 9.28. The molecule has 6 heteroatoms. The van der Waals surface area contributed by atoms with Crippen molar-refractivity contribution in [2.75, 3.05) is 32.7 Å². The van der Waals surface area contributed by atoms with Gasteiger partial charge in [0.2, 0.25) is 10.0 Å². The zero-order valence-corrected chi connectivity index (χ0v) is 10.1. The summed E-state index contributed by atoms with van der Waals surface area (Å²) in [5, 5.41) is 4.86. The number of primary sulfonamides is 1. The van der Waals surface area contributed by atoms with Crippen LogP contribution in [-0.2, 0) is 19.5 Å². The monoisotopic (exact) mass is 239 g/mol. The Morgan fingerprint density at radius 3 is 2.27 bits per heavy atom. The molecule has 0 fully saturated rings. The molecule has 0 aliphatic heterocycles. The van der Waals surface area contributed by atoms with E-state index >= 15 is 0 Å². The lowest BCUT2D eigenvalue weighted by molar-refractivity contribution is 0.0686. The Labute approximate surface area is 92.0 Å². The van der Waals surface area contributed by atoms with Gasteiger partial charge in [-0.2, -0.15) is 0 Å². The van der Waals surface area contributed by atoms with Crippen molar-refractivity contribution in [1.29, 1.82) is 0 Å². The van der Waals surface area contributed by atoms with Gasteiger partial charge in [-0.1, -0.05) is 12.8 Å². The van der Waals surface area contributed by atoms with Crippen LogP contribution in [0.4, 0.5) is 0 Å². The number of nitrogens with two attached hydrogens (primary N) is 1. The highest BCUT2D eigenvalue weighted by molar-refractivity contribution is 7.89. The SMILES string of the molecule is COCCOCCCCCCS(N)(=O)=O. The number of methoxy groups -OCH3 is 1. The minimum absolute atomic E-state index is 0.0809. The van der Waals surface area contributed by atoms with Crippen molar-refractivity contribution in [2.24, 2.45) is 5.14 Å². The van der Waals surface area contributed by atoms with Crippen LogP contribution < -0.4 is 5.14 Å². The van der Waals surface area contributed by atoms with E-state index in [0.29, 0.717) is 26.2 Å². The van der Waals surface area contributed by atoms with Gasteiger partial charge in [-0.3, -0.25) is 0 Å². The fourth-order valence-electron chi connectivity index (χ4n) is 1.11. The van der Waals surface area contributed by atoms with Gasteiger partial charge in [-0.25, -0.2) is 13.6 Å². The summed E-state index contributed by atoms with van der Waals surface area (Å²) in [5.41, 5.74) is 0. The van der Waals surface area contributed by atoms with Gasteiger partial charge in [0, 0.05) is 13.7 Å². The lowest BCUT2D eigenvalue weighted by atomic mass is 10.2. The maximum absolute atomic E-state index is 10.6. The highest BCUT2D eigenvalue weighted by Crippen LogP contribution is 2.01. The zero-order chi connectivity index (χ0) is 11.6. The Bertz CT molecular complexity index is 228. The first-order chi connectivity index (χ1) is 7.06. The van der Waals surface area contributed by atoms with E-state index in [4.69, 9.17) is 14.6 Å². The van der Waals surface area contributed by atoms with Gasteiger partial charge >= 0.3 is 0 Å². The normalized spacial score (nSPS) is 11.9. The molecule has 0 rings (SSSR count). The number of hydrogen-bond donors (Lipinski definition) is 1. The van der Waals surface area contributed by atoms with Crippen LogP contribution >= 0.6 is 0 Å². The van der Waals surface area contributed by atoms with E-state index in [1.54, 1.807) is 7.11 Å². The molecule has 2 N–H and O–H groups in total. The molecule has 0 aromatic rings. The largest absolute Gasteiger partial charge is 0.382 e. The second kappa shape index (κ2) is 9.08. The predicted octanol–water partition coefficient (Wildman–Crippen LogP) is 0.498. The van der Waals surface area contributed by atoms with Gasteiger partial charge < -0.3 is 9.47 Å². The molecule has 0 radical (unpaired) electrons. The maximum atomic E-state index is 10.6. The second-order valence-electron chi connectivity index (χ2n) is 3.39. The highest BCUT2D eigenvalue weighted by atomic mass is 32.2. The maximum Gasteiger partial charge on any atom is 0.209 e. The van der Waals surface area contributed by atoms with Gasteiger partial charge in [0.25, 0.3) is 0 Å². The van der Waals surface area contributed by atoms with Crippen LogP contribution in [0.1, 0.15) is 25.7 Å². The van der Waals surface area contributed by atoms with E-state index in [9.17, 15) is 8.42 Å². The van der Waals surface area contributed by atoms with Gasteiger partial charge in [0.05, 0.1) is 19.0 Å². The minimum Gasteiger partial charge on any atom is -0.382 e. The van der Waals surface area contributed by atoms with Crippen molar-refractivity contribution < 1.29 is 17.9 Å². The van der Waals surface area contributed by atoms with E-state index in [1.807, 2.05) is 0 Å². The number of hydrogen-bond acceptors (Lipinski definition) is 4. The third kappa shape index (κ3) is 13.8. The van der Waals surface area contributed by atoms with Crippen LogP contribution in [0.5, 0.6) is 0 Å². The quantitative estimate of drug-likeness (QED) is 0.563. The van der Waals surface area contributed by atoms with E-state index in [-0.39, 0.29) is 5.75 Å². The molecule has 0 heterocycles. The number of ether oxygens (including phenoxy) is 2. The summed E-state index contributed by atoms with van der Waals surface area (Å²) in [6, 6.07) is 0. The van der Waals surface area contributed by atoms with Crippen molar-refractivity contribution >= 4 is 10.0 Å².